The Hall–Kier alpha value is 0.290. The molecule has 0 aliphatic heterocycles. The number of unbranched alkanes of at least 4 members (excludes halogenated alkanes) is 1. The van der Waals surface area contributed by atoms with Gasteiger partial charge in [-0.3, -0.25) is 0 Å². The van der Waals surface area contributed by atoms with Crippen LogP contribution in [0.5, 0.6) is 0 Å². The van der Waals surface area contributed by atoms with Crippen LogP contribution in [0.4, 0.5) is 0 Å². The first-order valence-corrected chi connectivity index (χ1v) is 1.69. The van der Waals surface area contributed by atoms with E-state index in [2.05, 4.69) is 20.3 Å². The van der Waals surface area contributed by atoms with Gasteiger partial charge in [0.15, 0.2) is 0 Å². The summed E-state index contributed by atoms with van der Waals surface area (Å²) in [6, 6.07) is 0. The smallest absolute Gasteiger partial charge is 0.0420 e. The molecule has 0 nitrogen and oxygen atoms in total. The Balaban J connectivity index is 0. The van der Waals surface area contributed by atoms with Crippen molar-refractivity contribution in [2.45, 2.75) is 20.3 Å². The zero-order valence-corrected chi connectivity index (χ0v) is 4.51. The third-order valence-electron chi connectivity index (χ3n) is 0.408. The minimum Gasteiger partial charge on any atom is -0.147 e. The Kier molecular flexibility index (Phi) is 15.9. The fourth-order valence-corrected chi connectivity index (χ4v) is 0. The molecule has 0 aliphatic rings. The van der Waals surface area contributed by atoms with Crippen molar-refractivity contribution < 1.29 is 0 Å². The van der Waals surface area contributed by atoms with E-state index in [0.29, 0.717) is 0 Å². The third kappa shape index (κ3) is 13.5. The summed E-state index contributed by atoms with van der Waals surface area (Å²) in [5, 5.41) is 0. The first-order valence-electron chi connectivity index (χ1n) is 1.69. The van der Waals surface area contributed by atoms with Crippen LogP contribution >= 0.6 is 12.4 Å². The highest BCUT2D eigenvalue weighted by Gasteiger charge is 1.57. The SMILES string of the molecule is C[CH]CC.Cl. The molecule has 0 bridgehead atoms. The van der Waals surface area contributed by atoms with E-state index in [1.807, 2.05) is 0 Å². The molecule has 0 aromatic rings. The van der Waals surface area contributed by atoms with Gasteiger partial charge >= 0.3 is 0 Å². The minimum absolute atomic E-state index is 0. The second-order valence-electron chi connectivity index (χ2n) is 0.816. The molecule has 33 valence electrons. The van der Waals surface area contributed by atoms with Gasteiger partial charge in [-0.1, -0.05) is 20.3 Å². The summed E-state index contributed by atoms with van der Waals surface area (Å²) in [5.41, 5.74) is 0. The van der Waals surface area contributed by atoms with Gasteiger partial charge in [-0.2, -0.15) is 0 Å². The molecule has 1 heteroatoms. The van der Waals surface area contributed by atoms with Gasteiger partial charge in [0.05, 0.1) is 0 Å². The lowest BCUT2D eigenvalue weighted by Gasteiger charge is -1.67. The van der Waals surface area contributed by atoms with Crippen LogP contribution in [-0.2, 0) is 0 Å². The van der Waals surface area contributed by atoms with Crippen LogP contribution < -0.4 is 0 Å². The molecule has 0 saturated carbocycles. The first-order chi connectivity index (χ1) is 1.91. The molecule has 0 fully saturated rings. The molecule has 0 heterocycles. The Labute approximate surface area is 40.0 Å². The summed E-state index contributed by atoms with van der Waals surface area (Å²) in [7, 11) is 0. The van der Waals surface area contributed by atoms with Crippen molar-refractivity contribution in [2.24, 2.45) is 0 Å². The van der Waals surface area contributed by atoms with Gasteiger partial charge in [0.2, 0.25) is 0 Å². The van der Waals surface area contributed by atoms with Crippen LogP contribution in [0.15, 0.2) is 0 Å². The molecule has 0 spiro atoms. The van der Waals surface area contributed by atoms with E-state index in [1.54, 1.807) is 0 Å². The molecule has 5 heavy (non-hydrogen) atoms. The van der Waals surface area contributed by atoms with E-state index >= 15 is 0 Å². The highest BCUT2D eigenvalue weighted by Crippen LogP contribution is 1.74. The average Bonchev–Trinajstić information content (AvgIpc) is 1.37. The van der Waals surface area contributed by atoms with Gasteiger partial charge in [-0.05, 0) is 6.42 Å². The molecule has 0 aliphatic carbocycles. The van der Waals surface area contributed by atoms with Gasteiger partial charge in [0, 0.05) is 0 Å². The summed E-state index contributed by atoms with van der Waals surface area (Å²) < 4.78 is 0. The maximum Gasteiger partial charge on any atom is -0.0420 e. The van der Waals surface area contributed by atoms with E-state index < -0.39 is 0 Å². The predicted molar refractivity (Wildman–Crippen MR) is 27.5 cm³/mol. The molecule has 0 saturated heterocycles. The summed E-state index contributed by atoms with van der Waals surface area (Å²) in [6.07, 6.45) is 3.32. The molecule has 0 N–H and O–H groups in total. The van der Waals surface area contributed by atoms with Crippen molar-refractivity contribution >= 4 is 12.4 Å². The van der Waals surface area contributed by atoms with Crippen molar-refractivity contribution in [3.8, 4) is 0 Å². The van der Waals surface area contributed by atoms with Crippen LogP contribution in [0.25, 0.3) is 0 Å². The van der Waals surface area contributed by atoms with Crippen molar-refractivity contribution in [3.05, 3.63) is 6.42 Å². The summed E-state index contributed by atoms with van der Waals surface area (Å²) in [4.78, 5) is 0. The Bertz CT molecular complexity index is 5.61. The summed E-state index contributed by atoms with van der Waals surface area (Å²) in [5.74, 6) is 0. The Morgan fingerprint density at radius 1 is 1.60 bits per heavy atom. The minimum atomic E-state index is 0. The van der Waals surface area contributed by atoms with Crippen molar-refractivity contribution in [1.82, 2.24) is 0 Å². The molecule has 0 amide bonds. The van der Waals surface area contributed by atoms with Crippen LogP contribution in [-0.4, -0.2) is 0 Å². The van der Waals surface area contributed by atoms with Crippen LogP contribution in [0.1, 0.15) is 20.3 Å². The molecule has 0 aromatic heterocycles. The molecular weight excluding hydrogens is 83.5 g/mol. The molecule has 0 atom stereocenters. The Morgan fingerprint density at radius 3 is 1.80 bits per heavy atom. The second kappa shape index (κ2) is 8.85. The highest BCUT2D eigenvalue weighted by atomic mass is 35.5. The first kappa shape index (κ1) is 8.99. The number of hydrogen-bond donors (Lipinski definition) is 0. The third-order valence-corrected chi connectivity index (χ3v) is 0.408. The molecule has 0 aromatic carbocycles. The maximum atomic E-state index is 2.12. The van der Waals surface area contributed by atoms with Gasteiger partial charge in [-0.15, -0.1) is 12.4 Å². The van der Waals surface area contributed by atoms with Crippen molar-refractivity contribution in [1.29, 1.82) is 0 Å². The summed E-state index contributed by atoms with van der Waals surface area (Å²) >= 11 is 0. The van der Waals surface area contributed by atoms with Gasteiger partial charge in [-0.25, -0.2) is 0 Å². The molecule has 1 radical (unpaired) electrons. The van der Waals surface area contributed by atoms with E-state index in [-0.39, 0.29) is 12.4 Å². The van der Waals surface area contributed by atoms with Crippen molar-refractivity contribution in [2.75, 3.05) is 0 Å². The molecular formula is C4H10Cl. The number of rotatable bonds is 1. The fourth-order valence-electron chi connectivity index (χ4n) is 0. The zero-order chi connectivity index (χ0) is 3.41. The van der Waals surface area contributed by atoms with Gasteiger partial charge in [0.25, 0.3) is 0 Å². The van der Waals surface area contributed by atoms with E-state index in [0.717, 1.165) is 0 Å². The Morgan fingerprint density at radius 2 is 1.80 bits per heavy atom. The largest absolute Gasteiger partial charge is 0.147 e. The lowest BCUT2D eigenvalue weighted by molar-refractivity contribution is 1.10. The lowest BCUT2D eigenvalue weighted by atomic mass is 10.4. The summed E-state index contributed by atoms with van der Waals surface area (Å²) in [6.45, 7) is 4.18. The van der Waals surface area contributed by atoms with Crippen LogP contribution in [0, 0.1) is 6.42 Å². The molecule has 0 unspecified atom stereocenters. The fraction of sp³-hybridized carbons (Fsp3) is 0.750. The van der Waals surface area contributed by atoms with Crippen molar-refractivity contribution in [3.63, 3.8) is 0 Å². The normalized spacial score (nSPS) is 6.00. The van der Waals surface area contributed by atoms with E-state index in [9.17, 15) is 0 Å². The van der Waals surface area contributed by atoms with Crippen LogP contribution in [0.2, 0.25) is 0 Å². The maximum absolute atomic E-state index is 2.12. The van der Waals surface area contributed by atoms with E-state index in [4.69, 9.17) is 0 Å². The predicted octanol–water partition coefficient (Wildman–Crippen LogP) is 2.04. The van der Waals surface area contributed by atoms with E-state index in [1.165, 1.54) is 6.42 Å². The topological polar surface area (TPSA) is 0 Å². The zero-order valence-electron chi connectivity index (χ0n) is 3.69. The standard InChI is InChI=1S/C4H9.ClH/c1-3-4-2;/h3H,4H2,1-2H3;1H. The lowest BCUT2D eigenvalue weighted by Crippen LogP contribution is -1.50. The highest BCUT2D eigenvalue weighted by molar-refractivity contribution is 5.85. The van der Waals surface area contributed by atoms with Gasteiger partial charge in [0.1, 0.15) is 0 Å². The van der Waals surface area contributed by atoms with Gasteiger partial charge < -0.3 is 0 Å². The second-order valence-corrected chi connectivity index (χ2v) is 0.816. The quantitative estimate of drug-likeness (QED) is 0.466. The molecule has 0 rings (SSSR count). The number of halogens is 1. The monoisotopic (exact) mass is 93.0 g/mol. The van der Waals surface area contributed by atoms with Crippen LogP contribution in [0.3, 0.4) is 0 Å². The number of hydrogen-bond acceptors (Lipinski definition) is 0. The average molecular weight is 93.6 g/mol.